The first-order valence-electron chi connectivity index (χ1n) is 10.8. The van der Waals surface area contributed by atoms with Gasteiger partial charge >= 0.3 is 6.01 Å². The van der Waals surface area contributed by atoms with Crippen molar-refractivity contribution >= 4 is 58.5 Å². The first-order valence-corrected chi connectivity index (χ1v) is 11.9. The van der Waals surface area contributed by atoms with Crippen molar-refractivity contribution in [2.24, 2.45) is 5.73 Å². The van der Waals surface area contributed by atoms with Crippen LogP contribution in [-0.4, -0.2) is 39.0 Å². The number of benzene rings is 2. The van der Waals surface area contributed by atoms with Crippen LogP contribution in [0.1, 0.15) is 33.0 Å². The Labute approximate surface area is 225 Å². The minimum absolute atomic E-state index is 0.0251. The van der Waals surface area contributed by atoms with Crippen LogP contribution in [-0.2, 0) is 4.79 Å². The highest BCUT2D eigenvalue weighted by Crippen LogP contribution is 2.33. The van der Waals surface area contributed by atoms with Crippen molar-refractivity contribution < 1.29 is 18.8 Å². The monoisotopic (exact) mass is 560 g/mol. The minimum Gasteiger partial charge on any atom is -0.431 e. The molecule has 0 unspecified atom stereocenters. The van der Waals surface area contributed by atoms with Crippen molar-refractivity contribution in [2.75, 3.05) is 11.9 Å². The first kappa shape index (κ1) is 26.2. The molecular weight excluding hydrogens is 543 g/mol. The Morgan fingerprint density at radius 1 is 1.03 bits per heavy atom. The molecule has 13 heteroatoms. The number of amides is 3. The second-order valence-electron chi connectivity index (χ2n) is 7.80. The normalized spacial score (nSPS) is 10.8. The van der Waals surface area contributed by atoms with Gasteiger partial charge in [-0.15, -0.1) is 0 Å². The van der Waals surface area contributed by atoms with E-state index in [2.05, 4.69) is 20.7 Å². The predicted octanol–water partition coefficient (Wildman–Crippen LogP) is 4.65. The van der Waals surface area contributed by atoms with E-state index in [1.165, 1.54) is 0 Å². The van der Waals surface area contributed by atoms with Gasteiger partial charge in [-0.25, -0.2) is 4.68 Å². The highest BCUT2D eigenvalue weighted by molar-refractivity contribution is 6.35. The van der Waals surface area contributed by atoms with Gasteiger partial charge < -0.3 is 15.5 Å². The van der Waals surface area contributed by atoms with Crippen molar-refractivity contribution in [2.45, 2.75) is 13.3 Å². The SMILES string of the molecule is Cc1c(C(=O)Nc2nc(C(=O)NCCC(N)=O)co2)nn(-c2ccc(Cl)cc2Cl)c1-c1ccc(Cl)cc1. The molecule has 4 N–H and O–H groups in total. The van der Waals surface area contributed by atoms with Gasteiger partial charge in [0.05, 0.1) is 16.4 Å². The van der Waals surface area contributed by atoms with Gasteiger partial charge in [-0.2, -0.15) is 10.1 Å². The molecule has 0 saturated heterocycles. The molecule has 190 valence electrons. The van der Waals surface area contributed by atoms with E-state index in [1.54, 1.807) is 54.1 Å². The fourth-order valence-corrected chi connectivity index (χ4v) is 4.08. The summed E-state index contributed by atoms with van der Waals surface area (Å²) in [5, 5.41) is 10.8. The third kappa shape index (κ3) is 5.93. The first-order chi connectivity index (χ1) is 17.6. The Bertz CT molecular complexity index is 1500. The number of nitrogens with two attached hydrogens (primary N) is 1. The third-order valence-electron chi connectivity index (χ3n) is 5.21. The maximum absolute atomic E-state index is 13.2. The second kappa shape index (κ2) is 11.0. The van der Waals surface area contributed by atoms with Gasteiger partial charge in [0, 0.05) is 34.1 Å². The summed E-state index contributed by atoms with van der Waals surface area (Å²) in [6, 6.07) is 11.8. The average molecular weight is 562 g/mol. The van der Waals surface area contributed by atoms with Crippen LogP contribution in [0.4, 0.5) is 6.01 Å². The van der Waals surface area contributed by atoms with Gasteiger partial charge in [-0.05, 0) is 37.3 Å². The fourth-order valence-electron chi connectivity index (χ4n) is 3.47. The van der Waals surface area contributed by atoms with E-state index < -0.39 is 17.7 Å². The summed E-state index contributed by atoms with van der Waals surface area (Å²) in [6.45, 7) is 1.78. The number of primary amides is 1. The number of nitrogens with zero attached hydrogens (tertiary/aromatic N) is 3. The van der Waals surface area contributed by atoms with Crippen molar-refractivity contribution in [3.8, 4) is 16.9 Å². The largest absolute Gasteiger partial charge is 0.431 e. The van der Waals surface area contributed by atoms with Gasteiger partial charge in [0.2, 0.25) is 5.91 Å². The molecule has 2 heterocycles. The van der Waals surface area contributed by atoms with Crippen LogP contribution in [0, 0.1) is 6.92 Å². The van der Waals surface area contributed by atoms with Crippen LogP contribution in [0.5, 0.6) is 0 Å². The molecular formula is C24H19Cl3N6O4. The lowest BCUT2D eigenvalue weighted by atomic mass is 10.1. The van der Waals surface area contributed by atoms with Gasteiger partial charge in [0.15, 0.2) is 11.4 Å². The van der Waals surface area contributed by atoms with Crippen molar-refractivity contribution in [1.82, 2.24) is 20.1 Å². The van der Waals surface area contributed by atoms with Crippen LogP contribution < -0.4 is 16.4 Å². The summed E-state index contributed by atoms with van der Waals surface area (Å²) >= 11 is 18.6. The zero-order valence-electron chi connectivity index (χ0n) is 19.2. The molecule has 0 saturated carbocycles. The molecule has 2 aromatic heterocycles. The number of rotatable bonds is 8. The van der Waals surface area contributed by atoms with Crippen LogP contribution in [0.2, 0.25) is 15.1 Å². The van der Waals surface area contributed by atoms with E-state index in [-0.39, 0.29) is 30.4 Å². The standard InChI is InChI=1S/C24H19Cl3N6O4/c1-12-20(23(36)31-24-30-17(11-37-24)22(35)29-9-8-19(28)34)32-33(18-7-6-15(26)10-16(18)27)21(12)13-2-4-14(25)5-3-13/h2-7,10-11H,8-9H2,1H3,(H2,28,34)(H,29,35)(H,30,31,36). The van der Waals surface area contributed by atoms with Crippen LogP contribution in [0.15, 0.2) is 53.1 Å². The van der Waals surface area contributed by atoms with Crippen molar-refractivity contribution in [1.29, 1.82) is 0 Å². The van der Waals surface area contributed by atoms with E-state index in [9.17, 15) is 14.4 Å². The molecule has 10 nitrogen and oxygen atoms in total. The predicted molar refractivity (Wildman–Crippen MR) is 139 cm³/mol. The van der Waals surface area contributed by atoms with Crippen LogP contribution in [0.25, 0.3) is 16.9 Å². The van der Waals surface area contributed by atoms with Gasteiger partial charge in [-0.1, -0.05) is 46.9 Å². The van der Waals surface area contributed by atoms with Gasteiger partial charge in [0.1, 0.15) is 6.26 Å². The quantitative estimate of drug-likeness (QED) is 0.285. The Morgan fingerprint density at radius 2 is 1.73 bits per heavy atom. The summed E-state index contributed by atoms with van der Waals surface area (Å²) < 4.78 is 6.76. The number of halogens is 3. The Morgan fingerprint density at radius 3 is 2.41 bits per heavy atom. The van der Waals surface area contributed by atoms with Gasteiger partial charge in [-0.3, -0.25) is 19.7 Å². The summed E-state index contributed by atoms with van der Waals surface area (Å²) in [7, 11) is 0. The van der Waals surface area contributed by atoms with E-state index >= 15 is 0 Å². The number of hydrogen-bond acceptors (Lipinski definition) is 6. The summed E-state index contributed by atoms with van der Waals surface area (Å²) in [4.78, 5) is 40.1. The molecule has 0 radical (unpaired) electrons. The molecule has 0 aliphatic carbocycles. The van der Waals surface area contributed by atoms with Gasteiger partial charge in [0.25, 0.3) is 11.8 Å². The lowest BCUT2D eigenvalue weighted by molar-refractivity contribution is -0.117. The maximum atomic E-state index is 13.2. The van der Waals surface area contributed by atoms with Crippen LogP contribution in [0.3, 0.4) is 0 Å². The number of aromatic nitrogens is 3. The Kier molecular flexibility index (Phi) is 7.82. The second-order valence-corrected chi connectivity index (χ2v) is 9.08. The average Bonchev–Trinajstić information content (AvgIpc) is 3.44. The molecule has 0 bridgehead atoms. The molecule has 0 atom stereocenters. The Balaban J connectivity index is 1.65. The highest BCUT2D eigenvalue weighted by Gasteiger charge is 2.24. The summed E-state index contributed by atoms with van der Waals surface area (Å²) in [6.07, 6.45) is 1.05. The zero-order chi connectivity index (χ0) is 26.7. The molecule has 37 heavy (non-hydrogen) atoms. The number of nitrogens with one attached hydrogen (secondary N) is 2. The third-order valence-corrected chi connectivity index (χ3v) is 6.00. The molecule has 4 rings (SSSR count). The molecule has 0 spiro atoms. The summed E-state index contributed by atoms with van der Waals surface area (Å²) in [5.74, 6) is -1.77. The van der Waals surface area contributed by atoms with Crippen molar-refractivity contribution in [3.63, 3.8) is 0 Å². The maximum Gasteiger partial charge on any atom is 0.302 e. The number of anilines is 1. The smallest absolute Gasteiger partial charge is 0.302 e. The highest BCUT2D eigenvalue weighted by atomic mass is 35.5. The number of carbonyl (C=O) groups excluding carboxylic acids is 3. The topological polar surface area (TPSA) is 145 Å². The van der Waals surface area contributed by atoms with E-state index in [0.717, 1.165) is 11.8 Å². The molecule has 0 aliphatic rings. The Hall–Kier alpha value is -3.86. The number of carbonyl (C=O) groups is 3. The minimum atomic E-state index is -0.626. The molecule has 4 aromatic rings. The fraction of sp³-hybridized carbons (Fsp3) is 0.125. The van der Waals surface area contributed by atoms with E-state index in [4.69, 9.17) is 45.0 Å². The molecule has 2 aromatic carbocycles. The molecule has 0 fully saturated rings. The zero-order valence-corrected chi connectivity index (χ0v) is 21.5. The summed E-state index contributed by atoms with van der Waals surface area (Å²) in [5.41, 5.74) is 7.43. The molecule has 0 aliphatic heterocycles. The molecule has 3 amide bonds. The number of hydrogen-bond donors (Lipinski definition) is 3. The van der Waals surface area contributed by atoms with E-state index in [1.807, 2.05) is 0 Å². The van der Waals surface area contributed by atoms with E-state index in [0.29, 0.717) is 32.0 Å². The lowest BCUT2D eigenvalue weighted by Crippen LogP contribution is -2.28. The number of oxazole rings is 1. The van der Waals surface area contributed by atoms with Crippen molar-refractivity contribution in [3.05, 3.63) is 80.7 Å². The van der Waals surface area contributed by atoms with Crippen LogP contribution >= 0.6 is 34.8 Å². The lowest BCUT2D eigenvalue weighted by Gasteiger charge is -2.11.